The molecule has 2 rings (SSSR count). The van der Waals surface area contributed by atoms with Gasteiger partial charge in [-0.25, -0.2) is 4.98 Å². The van der Waals surface area contributed by atoms with Crippen molar-refractivity contribution >= 4 is 41.3 Å². The molecule has 7 heteroatoms. The number of unbranched alkanes of at least 4 members (excludes halogenated alkanes) is 1. The van der Waals surface area contributed by atoms with Crippen LogP contribution >= 0.6 is 35.3 Å². The Kier molecular flexibility index (Phi) is 10.9. The second-order valence-corrected chi connectivity index (χ2v) is 7.97. The van der Waals surface area contributed by atoms with Crippen LogP contribution in [0.5, 0.6) is 0 Å². The van der Waals surface area contributed by atoms with Crippen LogP contribution < -0.4 is 10.6 Å². The summed E-state index contributed by atoms with van der Waals surface area (Å²) in [5.41, 5.74) is 1.12. The highest BCUT2D eigenvalue weighted by Gasteiger charge is 2.16. The molecule has 1 aromatic heterocycles. The predicted octanol–water partition coefficient (Wildman–Crippen LogP) is 3.70. The number of likely N-dealkylation sites (tertiary alicyclic amines) is 1. The molecule has 1 saturated heterocycles. The Hall–Kier alpha value is -0.410. The van der Waals surface area contributed by atoms with Crippen molar-refractivity contribution in [1.82, 2.24) is 20.5 Å². The lowest BCUT2D eigenvalue weighted by molar-refractivity contribution is 0.158. The molecule has 1 aliphatic rings. The maximum atomic E-state index is 4.47. The van der Waals surface area contributed by atoms with E-state index >= 15 is 0 Å². The van der Waals surface area contributed by atoms with E-state index in [0.717, 1.165) is 35.8 Å². The van der Waals surface area contributed by atoms with Crippen molar-refractivity contribution in [2.75, 3.05) is 26.7 Å². The highest BCUT2D eigenvalue weighted by molar-refractivity contribution is 14.0. The molecule has 1 fully saturated rings. The summed E-state index contributed by atoms with van der Waals surface area (Å²) in [6.45, 7) is 10.8. The fraction of sp³-hybridized carbons (Fsp3) is 0.778. The molecule has 5 nitrogen and oxygen atoms in total. The van der Waals surface area contributed by atoms with E-state index in [1.54, 1.807) is 11.3 Å². The van der Waals surface area contributed by atoms with Crippen molar-refractivity contribution < 1.29 is 0 Å². The smallest absolute Gasteiger partial charge is 0.191 e. The highest BCUT2D eigenvalue weighted by Crippen LogP contribution is 2.17. The van der Waals surface area contributed by atoms with Gasteiger partial charge in [-0.05, 0) is 59.5 Å². The standard InChI is InChI=1S/C18H33N5S.HI/c1-14-9-5-7-11-23(14)12-8-6-10-20-18(19-4)21-13-17-15(2)22-16(3)24-17;/h14H,5-13H2,1-4H3,(H2,19,20,21);1H. The number of nitrogens with one attached hydrogen (secondary N) is 2. The summed E-state index contributed by atoms with van der Waals surface area (Å²) in [6.07, 6.45) is 6.57. The van der Waals surface area contributed by atoms with Gasteiger partial charge < -0.3 is 15.5 Å². The van der Waals surface area contributed by atoms with Gasteiger partial charge in [0.25, 0.3) is 0 Å². The zero-order valence-corrected chi connectivity index (χ0v) is 19.2. The van der Waals surface area contributed by atoms with Crippen molar-refractivity contribution in [3.05, 3.63) is 15.6 Å². The molecular formula is C18H34IN5S. The van der Waals surface area contributed by atoms with E-state index in [9.17, 15) is 0 Å². The summed E-state index contributed by atoms with van der Waals surface area (Å²) < 4.78 is 0. The molecule has 0 amide bonds. The summed E-state index contributed by atoms with van der Waals surface area (Å²) in [5.74, 6) is 0.881. The van der Waals surface area contributed by atoms with Crippen molar-refractivity contribution in [2.24, 2.45) is 4.99 Å². The number of halogens is 1. The van der Waals surface area contributed by atoms with Crippen LogP contribution in [0.3, 0.4) is 0 Å². The molecule has 1 unspecified atom stereocenters. The second-order valence-electron chi connectivity index (χ2n) is 6.68. The number of piperidine rings is 1. The second kappa shape index (κ2) is 12.1. The Bertz CT molecular complexity index is 532. The number of nitrogens with zero attached hydrogens (tertiary/aromatic N) is 3. The Morgan fingerprint density at radius 1 is 1.28 bits per heavy atom. The van der Waals surface area contributed by atoms with Crippen LogP contribution in [0, 0.1) is 13.8 Å². The zero-order valence-electron chi connectivity index (χ0n) is 16.1. The van der Waals surface area contributed by atoms with Gasteiger partial charge in [0.2, 0.25) is 0 Å². The summed E-state index contributed by atoms with van der Waals surface area (Å²) in [6, 6.07) is 0.771. The van der Waals surface area contributed by atoms with Crippen LogP contribution in [0.15, 0.2) is 4.99 Å². The lowest BCUT2D eigenvalue weighted by Gasteiger charge is -2.33. The van der Waals surface area contributed by atoms with Crippen molar-refractivity contribution in [1.29, 1.82) is 0 Å². The minimum atomic E-state index is 0. The molecule has 0 aliphatic carbocycles. The van der Waals surface area contributed by atoms with Gasteiger partial charge in [0.05, 0.1) is 17.2 Å². The summed E-state index contributed by atoms with van der Waals surface area (Å²) in [4.78, 5) is 12.7. The number of aryl methyl sites for hydroxylation is 2. The van der Waals surface area contributed by atoms with E-state index in [0.29, 0.717) is 0 Å². The van der Waals surface area contributed by atoms with Crippen LogP contribution in [0.1, 0.15) is 54.6 Å². The van der Waals surface area contributed by atoms with Gasteiger partial charge in [-0.1, -0.05) is 6.42 Å². The quantitative estimate of drug-likeness (QED) is 0.271. The average Bonchev–Trinajstić information content (AvgIpc) is 2.89. The van der Waals surface area contributed by atoms with E-state index in [1.165, 1.54) is 50.1 Å². The van der Waals surface area contributed by atoms with Crippen LogP contribution in [0.2, 0.25) is 0 Å². The Morgan fingerprint density at radius 2 is 2.08 bits per heavy atom. The number of guanidine groups is 1. The van der Waals surface area contributed by atoms with Crippen molar-refractivity contribution in [3.8, 4) is 0 Å². The van der Waals surface area contributed by atoms with E-state index in [1.807, 2.05) is 7.05 Å². The first kappa shape index (κ1) is 22.6. The van der Waals surface area contributed by atoms with E-state index < -0.39 is 0 Å². The number of hydrogen-bond acceptors (Lipinski definition) is 4. The lowest BCUT2D eigenvalue weighted by atomic mass is 10.0. The van der Waals surface area contributed by atoms with Crippen LogP contribution in [-0.2, 0) is 6.54 Å². The summed E-state index contributed by atoms with van der Waals surface area (Å²) >= 11 is 1.75. The van der Waals surface area contributed by atoms with Gasteiger partial charge in [-0.3, -0.25) is 4.99 Å². The zero-order chi connectivity index (χ0) is 17.4. The van der Waals surface area contributed by atoms with Gasteiger partial charge in [0.15, 0.2) is 5.96 Å². The maximum Gasteiger partial charge on any atom is 0.191 e. The molecule has 1 atom stereocenters. The molecule has 0 radical (unpaired) electrons. The van der Waals surface area contributed by atoms with E-state index in [4.69, 9.17) is 0 Å². The molecule has 0 bridgehead atoms. The molecular weight excluding hydrogens is 445 g/mol. The third-order valence-corrected chi connectivity index (χ3v) is 5.82. The molecule has 144 valence electrons. The molecule has 0 spiro atoms. The minimum Gasteiger partial charge on any atom is -0.356 e. The Labute approximate surface area is 174 Å². The van der Waals surface area contributed by atoms with Gasteiger partial charge >= 0.3 is 0 Å². The maximum absolute atomic E-state index is 4.47. The Balaban J connectivity index is 0.00000312. The van der Waals surface area contributed by atoms with Crippen LogP contribution in [-0.4, -0.2) is 48.6 Å². The van der Waals surface area contributed by atoms with E-state index in [-0.39, 0.29) is 24.0 Å². The number of thiazole rings is 1. The number of hydrogen-bond donors (Lipinski definition) is 2. The fourth-order valence-corrected chi connectivity index (χ4v) is 4.14. The van der Waals surface area contributed by atoms with Crippen molar-refractivity contribution in [3.63, 3.8) is 0 Å². The van der Waals surface area contributed by atoms with Crippen LogP contribution in [0.25, 0.3) is 0 Å². The average molecular weight is 479 g/mol. The van der Waals surface area contributed by atoms with Gasteiger partial charge in [0, 0.05) is 24.5 Å². The molecule has 0 aromatic carbocycles. The monoisotopic (exact) mass is 479 g/mol. The third-order valence-electron chi connectivity index (χ3n) is 4.74. The first-order valence-corrected chi connectivity index (χ1v) is 10.0. The molecule has 25 heavy (non-hydrogen) atoms. The van der Waals surface area contributed by atoms with Crippen LogP contribution in [0.4, 0.5) is 0 Å². The molecule has 1 aliphatic heterocycles. The van der Waals surface area contributed by atoms with Crippen molar-refractivity contribution in [2.45, 2.75) is 65.5 Å². The number of aromatic nitrogens is 1. The minimum absolute atomic E-state index is 0. The lowest BCUT2D eigenvalue weighted by Crippen LogP contribution is -2.39. The SMILES string of the molecule is CN=C(NCCCCN1CCCCC1C)NCc1sc(C)nc1C.I. The largest absolute Gasteiger partial charge is 0.356 e. The number of aliphatic imine (C=N–C) groups is 1. The predicted molar refractivity (Wildman–Crippen MR) is 119 cm³/mol. The first-order valence-electron chi connectivity index (χ1n) is 9.21. The molecule has 1 aromatic rings. The fourth-order valence-electron chi connectivity index (χ4n) is 3.26. The summed E-state index contributed by atoms with van der Waals surface area (Å²) in [5, 5.41) is 7.93. The normalized spacial score (nSPS) is 18.7. The molecule has 0 saturated carbocycles. The molecule has 2 N–H and O–H groups in total. The first-order chi connectivity index (χ1) is 11.6. The summed E-state index contributed by atoms with van der Waals surface area (Å²) in [7, 11) is 1.83. The Morgan fingerprint density at radius 3 is 2.72 bits per heavy atom. The van der Waals surface area contributed by atoms with Gasteiger partial charge in [-0.15, -0.1) is 35.3 Å². The van der Waals surface area contributed by atoms with Gasteiger partial charge in [0.1, 0.15) is 0 Å². The number of rotatable bonds is 7. The highest BCUT2D eigenvalue weighted by atomic mass is 127. The molecule has 2 heterocycles. The van der Waals surface area contributed by atoms with E-state index in [2.05, 4.69) is 46.3 Å². The topological polar surface area (TPSA) is 52.6 Å². The van der Waals surface area contributed by atoms with Gasteiger partial charge in [-0.2, -0.15) is 0 Å². The third kappa shape index (κ3) is 7.78.